The zero-order valence-corrected chi connectivity index (χ0v) is 13.9. The molecule has 21 heavy (non-hydrogen) atoms. The van der Waals surface area contributed by atoms with Crippen LogP contribution in [0.25, 0.3) is 10.6 Å². The van der Waals surface area contributed by atoms with Crippen LogP contribution in [0.1, 0.15) is 36.9 Å². The summed E-state index contributed by atoms with van der Waals surface area (Å²) in [6.07, 6.45) is 2.08. The SMILES string of the molecule is CNC1CC(C)(C)Cc2nc(-c3ccc(F)c(Cl)c3)sc21. The summed E-state index contributed by atoms with van der Waals surface area (Å²) in [4.78, 5) is 6.08. The second-order valence-electron chi connectivity index (χ2n) is 6.35. The van der Waals surface area contributed by atoms with Gasteiger partial charge in [0.15, 0.2) is 0 Å². The fourth-order valence-electron chi connectivity index (χ4n) is 2.92. The Balaban J connectivity index is 2.04. The zero-order valence-electron chi connectivity index (χ0n) is 12.3. The van der Waals surface area contributed by atoms with Crippen LogP contribution in [0.15, 0.2) is 18.2 Å². The third kappa shape index (κ3) is 2.85. The van der Waals surface area contributed by atoms with E-state index in [0.717, 1.165) is 29.1 Å². The Morgan fingerprint density at radius 3 is 2.86 bits per heavy atom. The molecule has 0 bridgehead atoms. The van der Waals surface area contributed by atoms with E-state index in [0.29, 0.717) is 6.04 Å². The molecule has 0 radical (unpaired) electrons. The Kier molecular flexibility index (Phi) is 3.80. The van der Waals surface area contributed by atoms with E-state index in [1.54, 1.807) is 23.5 Å². The van der Waals surface area contributed by atoms with E-state index in [4.69, 9.17) is 16.6 Å². The summed E-state index contributed by atoms with van der Waals surface area (Å²) < 4.78 is 13.3. The van der Waals surface area contributed by atoms with E-state index in [1.165, 1.54) is 10.9 Å². The molecule has 0 saturated heterocycles. The van der Waals surface area contributed by atoms with Crippen LogP contribution in [0.5, 0.6) is 0 Å². The highest BCUT2D eigenvalue weighted by Crippen LogP contribution is 2.44. The average molecular weight is 325 g/mol. The van der Waals surface area contributed by atoms with Gasteiger partial charge < -0.3 is 5.32 Å². The van der Waals surface area contributed by atoms with Crippen molar-refractivity contribution in [2.45, 2.75) is 32.7 Å². The molecule has 3 rings (SSSR count). The summed E-state index contributed by atoms with van der Waals surface area (Å²) in [6.45, 7) is 4.54. The topological polar surface area (TPSA) is 24.9 Å². The van der Waals surface area contributed by atoms with Gasteiger partial charge in [-0.2, -0.15) is 0 Å². The summed E-state index contributed by atoms with van der Waals surface area (Å²) in [5, 5.41) is 4.45. The lowest BCUT2D eigenvalue weighted by Gasteiger charge is -2.34. The molecule has 0 fully saturated rings. The van der Waals surface area contributed by atoms with Crippen molar-refractivity contribution in [1.29, 1.82) is 0 Å². The molecule has 1 aliphatic rings. The van der Waals surface area contributed by atoms with Crippen molar-refractivity contribution in [3.63, 3.8) is 0 Å². The number of nitrogens with zero attached hydrogens (tertiary/aromatic N) is 1. The standard InChI is InChI=1S/C16H18ClFN2S/c1-16(2)7-12(19-3)14-13(8-16)20-15(21-14)9-4-5-11(18)10(17)6-9/h4-6,12,19H,7-8H2,1-3H3. The highest BCUT2D eigenvalue weighted by atomic mass is 35.5. The maximum Gasteiger partial charge on any atom is 0.141 e. The molecule has 0 amide bonds. The van der Waals surface area contributed by atoms with E-state index >= 15 is 0 Å². The van der Waals surface area contributed by atoms with Crippen molar-refractivity contribution in [3.8, 4) is 10.6 Å². The van der Waals surface area contributed by atoms with Crippen molar-refractivity contribution in [2.24, 2.45) is 5.41 Å². The van der Waals surface area contributed by atoms with Gasteiger partial charge in [0.2, 0.25) is 0 Å². The normalized spacial score (nSPS) is 20.3. The van der Waals surface area contributed by atoms with Crippen LogP contribution in [-0.4, -0.2) is 12.0 Å². The van der Waals surface area contributed by atoms with Gasteiger partial charge in [-0.3, -0.25) is 0 Å². The Labute approximate surface area is 133 Å². The van der Waals surface area contributed by atoms with Crippen molar-refractivity contribution in [2.75, 3.05) is 7.05 Å². The molecule has 1 aliphatic carbocycles. The summed E-state index contributed by atoms with van der Waals surface area (Å²) in [5.74, 6) is -0.393. The Morgan fingerprint density at radius 1 is 1.43 bits per heavy atom. The van der Waals surface area contributed by atoms with Crippen LogP contribution in [0, 0.1) is 11.2 Å². The molecule has 0 aliphatic heterocycles. The first-order chi connectivity index (χ1) is 9.89. The first-order valence-electron chi connectivity index (χ1n) is 7.02. The first-order valence-corrected chi connectivity index (χ1v) is 8.21. The fraction of sp³-hybridized carbons (Fsp3) is 0.438. The monoisotopic (exact) mass is 324 g/mol. The third-order valence-electron chi connectivity index (χ3n) is 3.96. The minimum atomic E-state index is -0.393. The summed E-state index contributed by atoms with van der Waals surface area (Å²) in [5.41, 5.74) is 2.28. The van der Waals surface area contributed by atoms with Gasteiger partial charge in [0.05, 0.1) is 10.7 Å². The Morgan fingerprint density at radius 2 is 2.19 bits per heavy atom. The minimum Gasteiger partial charge on any atom is -0.312 e. The number of fused-ring (bicyclic) bond motifs is 1. The van der Waals surface area contributed by atoms with Crippen LogP contribution >= 0.6 is 22.9 Å². The molecular formula is C16H18ClFN2S. The van der Waals surface area contributed by atoms with Gasteiger partial charge in [0.1, 0.15) is 10.8 Å². The molecule has 112 valence electrons. The first kappa shape index (κ1) is 14.9. The van der Waals surface area contributed by atoms with Crippen LogP contribution in [-0.2, 0) is 6.42 Å². The lowest BCUT2D eigenvalue weighted by Crippen LogP contribution is -2.30. The number of nitrogens with one attached hydrogen (secondary N) is 1. The third-order valence-corrected chi connectivity index (χ3v) is 5.51. The molecule has 2 aromatic rings. The van der Waals surface area contributed by atoms with E-state index in [2.05, 4.69) is 19.2 Å². The molecule has 5 heteroatoms. The Bertz CT molecular complexity index is 681. The van der Waals surface area contributed by atoms with Crippen molar-refractivity contribution < 1.29 is 4.39 Å². The van der Waals surface area contributed by atoms with Gasteiger partial charge in [-0.25, -0.2) is 9.37 Å². The maximum atomic E-state index is 13.3. The highest BCUT2D eigenvalue weighted by molar-refractivity contribution is 7.15. The predicted octanol–water partition coefficient (Wildman–Crippen LogP) is 4.84. The quantitative estimate of drug-likeness (QED) is 0.855. The lowest BCUT2D eigenvalue weighted by molar-refractivity contribution is 0.265. The molecule has 0 spiro atoms. The molecular weight excluding hydrogens is 307 g/mol. The fourth-order valence-corrected chi connectivity index (χ4v) is 4.29. The van der Waals surface area contributed by atoms with E-state index < -0.39 is 5.82 Å². The number of hydrogen-bond acceptors (Lipinski definition) is 3. The lowest BCUT2D eigenvalue weighted by atomic mass is 9.76. The van der Waals surface area contributed by atoms with Crippen LogP contribution in [0.3, 0.4) is 0 Å². The number of benzene rings is 1. The largest absolute Gasteiger partial charge is 0.312 e. The highest BCUT2D eigenvalue weighted by Gasteiger charge is 2.34. The molecule has 2 nitrogen and oxygen atoms in total. The van der Waals surface area contributed by atoms with Crippen LogP contribution in [0.4, 0.5) is 4.39 Å². The van der Waals surface area contributed by atoms with Crippen molar-refractivity contribution in [3.05, 3.63) is 39.6 Å². The van der Waals surface area contributed by atoms with Gasteiger partial charge in [-0.05, 0) is 43.5 Å². The minimum absolute atomic E-state index is 0.145. The summed E-state index contributed by atoms with van der Waals surface area (Å²) in [6, 6.07) is 5.13. The van der Waals surface area contributed by atoms with E-state index in [9.17, 15) is 4.39 Å². The van der Waals surface area contributed by atoms with Gasteiger partial charge in [0.25, 0.3) is 0 Å². The van der Waals surface area contributed by atoms with Gasteiger partial charge >= 0.3 is 0 Å². The number of thiazole rings is 1. The molecule has 1 aromatic carbocycles. The molecule has 1 aromatic heterocycles. The smallest absolute Gasteiger partial charge is 0.141 e. The second kappa shape index (κ2) is 5.34. The number of hydrogen-bond donors (Lipinski definition) is 1. The molecule has 1 heterocycles. The van der Waals surface area contributed by atoms with Crippen molar-refractivity contribution in [1.82, 2.24) is 10.3 Å². The number of aromatic nitrogens is 1. The van der Waals surface area contributed by atoms with Gasteiger partial charge in [-0.1, -0.05) is 25.4 Å². The molecule has 1 atom stereocenters. The molecule has 1 unspecified atom stereocenters. The Hall–Kier alpha value is -0.970. The second-order valence-corrected chi connectivity index (χ2v) is 7.78. The van der Waals surface area contributed by atoms with Crippen LogP contribution < -0.4 is 5.32 Å². The molecule has 0 saturated carbocycles. The van der Waals surface area contributed by atoms with Crippen molar-refractivity contribution >= 4 is 22.9 Å². The number of halogens is 2. The van der Waals surface area contributed by atoms with Crippen LogP contribution in [0.2, 0.25) is 5.02 Å². The maximum absolute atomic E-state index is 13.3. The van der Waals surface area contributed by atoms with E-state index in [-0.39, 0.29) is 10.4 Å². The van der Waals surface area contributed by atoms with E-state index in [1.807, 2.05) is 7.05 Å². The molecule has 1 N–H and O–H groups in total. The van der Waals surface area contributed by atoms with Gasteiger partial charge in [0, 0.05) is 16.5 Å². The zero-order chi connectivity index (χ0) is 15.2. The predicted molar refractivity (Wildman–Crippen MR) is 86.4 cm³/mol. The average Bonchev–Trinajstić information content (AvgIpc) is 2.83. The van der Waals surface area contributed by atoms with Gasteiger partial charge in [-0.15, -0.1) is 11.3 Å². The summed E-state index contributed by atoms with van der Waals surface area (Å²) >= 11 is 7.56. The summed E-state index contributed by atoms with van der Waals surface area (Å²) in [7, 11) is 1.99. The number of rotatable bonds is 2.